The van der Waals surface area contributed by atoms with Crippen molar-refractivity contribution in [1.29, 1.82) is 10.5 Å². The highest BCUT2D eigenvalue weighted by Gasteiger charge is 2.24. The van der Waals surface area contributed by atoms with E-state index in [1.807, 2.05) is 30.3 Å². The van der Waals surface area contributed by atoms with Crippen molar-refractivity contribution in [3.05, 3.63) is 132 Å². The fraction of sp³-hybridized carbons (Fsp3) is 0. The molecule has 0 N–H and O–H groups in total. The second-order valence-electron chi connectivity index (χ2n) is 9.98. The van der Waals surface area contributed by atoms with Gasteiger partial charge in [0.2, 0.25) is 0 Å². The lowest BCUT2D eigenvalue weighted by Gasteiger charge is -2.19. The summed E-state index contributed by atoms with van der Waals surface area (Å²) in [6.07, 6.45) is 0. The molecule has 0 spiro atoms. The van der Waals surface area contributed by atoms with Crippen LogP contribution in [0.1, 0.15) is 11.1 Å². The fourth-order valence-corrected chi connectivity index (χ4v) is 6.34. The van der Waals surface area contributed by atoms with Gasteiger partial charge in [-0.2, -0.15) is 10.5 Å². The lowest BCUT2D eigenvalue weighted by molar-refractivity contribution is 1.09. The molecule has 0 atom stereocenters. The van der Waals surface area contributed by atoms with E-state index in [0.29, 0.717) is 16.8 Å². The molecule has 4 nitrogen and oxygen atoms in total. The zero-order chi connectivity index (χ0) is 26.8. The van der Waals surface area contributed by atoms with E-state index in [1.165, 1.54) is 0 Å². The third kappa shape index (κ3) is 2.88. The molecule has 0 fully saturated rings. The van der Waals surface area contributed by atoms with E-state index in [0.717, 1.165) is 60.1 Å². The first-order valence-corrected chi connectivity index (χ1v) is 13.2. The minimum atomic E-state index is 0.355. The number of nitriles is 2. The molecule has 184 valence electrons. The predicted octanol–water partition coefficient (Wildman–Crippen LogP) is 8.78. The standard InChI is InChI=1S/C36H20N4/c37-21-24-18-20-34(36(30(24)22-38)39-31-14-6-3-11-26(31)27-12-4-7-15-32(27)39)40-33-16-8-5-13-28(33)29-19-17-23-9-1-2-10-25(23)35(29)40/h1-20H. The smallest absolute Gasteiger partial charge is 0.103 e. The van der Waals surface area contributed by atoms with Gasteiger partial charge in [-0.1, -0.05) is 91.0 Å². The van der Waals surface area contributed by atoms with Crippen LogP contribution < -0.4 is 0 Å². The summed E-state index contributed by atoms with van der Waals surface area (Å²) in [5.41, 5.74) is 6.37. The monoisotopic (exact) mass is 508 g/mol. The van der Waals surface area contributed by atoms with Crippen LogP contribution in [0.5, 0.6) is 0 Å². The van der Waals surface area contributed by atoms with Crippen LogP contribution in [0.15, 0.2) is 121 Å². The molecule has 0 aliphatic heterocycles. The maximum absolute atomic E-state index is 10.6. The van der Waals surface area contributed by atoms with Crippen LogP contribution in [0.25, 0.3) is 65.8 Å². The summed E-state index contributed by atoms with van der Waals surface area (Å²) in [5.74, 6) is 0. The number of para-hydroxylation sites is 3. The number of hydrogen-bond acceptors (Lipinski definition) is 2. The Hall–Kier alpha value is -5.84. The van der Waals surface area contributed by atoms with Gasteiger partial charge in [-0.05, 0) is 35.7 Å². The normalized spacial score (nSPS) is 11.4. The molecule has 0 aliphatic carbocycles. The van der Waals surface area contributed by atoms with Gasteiger partial charge in [-0.25, -0.2) is 0 Å². The second kappa shape index (κ2) is 8.33. The van der Waals surface area contributed by atoms with Gasteiger partial charge in [0.15, 0.2) is 0 Å². The summed E-state index contributed by atoms with van der Waals surface area (Å²) < 4.78 is 4.43. The Labute approximate surface area is 229 Å². The number of benzene rings is 6. The van der Waals surface area contributed by atoms with Crippen LogP contribution in [0, 0.1) is 22.7 Å². The number of aromatic nitrogens is 2. The van der Waals surface area contributed by atoms with Gasteiger partial charge in [0.1, 0.15) is 12.1 Å². The van der Waals surface area contributed by atoms with Gasteiger partial charge < -0.3 is 9.13 Å². The highest BCUT2D eigenvalue weighted by atomic mass is 15.1. The maximum atomic E-state index is 10.6. The Bertz CT molecular complexity index is 2350. The maximum Gasteiger partial charge on any atom is 0.103 e. The molecule has 0 radical (unpaired) electrons. The first kappa shape index (κ1) is 22.2. The topological polar surface area (TPSA) is 57.4 Å². The second-order valence-corrected chi connectivity index (χ2v) is 9.98. The van der Waals surface area contributed by atoms with E-state index >= 15 is 0 Å². The van der Waals surface area contributed by atoms with E-state index < -0.39 is 0 Å². The van der Waals surface area contributed by atoms with E-state index in [4.69, 9.17) is 0 Å². The molecule has 0 bridgehead atoms. The summed E-state index contributed by atoms with van der Waals surface area (Å²) in [4.78, 5) is 0. The van der Waals surface area contributed by atoms with Crippen molar-refractivity contribution < 1.29 is 0 Å². The third-order valence-electron chi connectivity index (χ3n) is 7.99. The van der Waals surface area contributed by atoms with E-state index in [-0.39, 0.29) is 0 Å². The Balaban J connectivity index is 1.65. The first-order chi connectivity index (χ1) is 19.8. The van der Waals surface area contributed by atoms with Crippen molar-refractivity contribution in [2.24, 2.45) is 0 Å². The summed E-state index contributed by atoms with van der Waals surface area (Å²) in [5, 5.41) is 27.4. The minimum absolute atomic E-state index is 0.355. The molecule has 2 heterocycles. The summed E-state index contributed by atoms with van der Waals surface area (Å²) >= 11 is 0. The van der Waals surface area contributed by atoms with Crippen molar-refractivity contribution in [2.45, 2.75) is 0 Å². The van der Waals surface area contributed by atoms with Crippen molar-refractivity contribution in [1.82, 2.24) is 9.13 Å². The van der Waals surface area contributed by atoms with Crippen LogP contribution in [0.3, 0.4) is 0 Å². The Morgan fingerprint density at radius 3 is 1.62 bits per heavy atom. The molecule has 0 aliphatic rings. The highest BCUT2D eigenvalue weighted by Crippen LogP contribution is 2.41. The Kier molecular flexibility index (Phi) is 4.62. The van der Waals surface area contributed by atoms with Crippen LogP contribution in [-0.4, -0.2) is 9.13 Å². The average Bonchev–Trinajstić information content (AvgIpc) is 3.53. The number of hydrogen-bond donors (Lipinski definition) is 0. The van der Waals surface area contributed by atoms with Gasteiger partial charge in [-0.15, -0.1) is 0 Å². The first-order valence-electron chi connectivity index (χ1n) is 13.2. The number of fused-ring (bicyclic) bond motifs is 8. The largest absolute Gasteiger partial charge is 0.306 e. The zero-order valence-corrected chi connectivity index (χ0v) is 21.3. The van der Waals surface area contributed by atoms with Gasteiger partial charge in [0, 0.05) is 26.9 Å². The van der Waals surface area contributed by atoms with Crippen LogP contribution in [-0.2, 0) is 0 Å². The molecule has 2 aromatic heterocycles. The quantitative estimate of drug-likeness (QED) is 0.234. The summed E-state index contributed by atoms with van der Waals surface area (Å²) in [6.45, 7) is 0. The van der Waals surface area contributed by atoms with Crippen molar-refractivity contribution >= 4 is 54.4 Å². The molecule has 0 unspecified atom stereocenters. The van der Waals surface area contributed by atoms with E-state index in [2.05, 4.69) is 106 Å². The molecule has 8 rings (SSSR count). The summed E-state index contributed by atoms with van der Waals surface area (Å²) in [7, 11) is 0. The molecule has 0 saturated carbocycles. The fourth-order valence-electron chi connectivity index (χ4n) is 6.34. The number of rotatable bonds is 2. The van der Waals surface area contributed by atoms with Gasteiger partial charge in [0.05, 0.1) is 44.6 Å². The Morgan fingerprint density at radius 1 is 0.450 bits per heavy atom. The molecule has 8 aromatic rings. The van der Waals surface area contributed by atoms with Crippen molar-refractivity contribution in [3.8, 4) is 23.5 Å². The van der Waals surface area contributed by atoms with Gasteiger partial charge in [-0.3, -0.25) is 0 Å². The Morgan fingerprint density at radius 2 is 1.00 bits per heavy atom. The minimum Gasteiger partial charge on any atom is -0.306 e. The molecule has 4 heteroatoms. The van der Waals surface area contributed by atoms with Crippen LogP contribution in [0.2, 0.25) is 0 Å². The highest BCUT2D eigenvalue weighted by molar-refractivity contribution is 6.19. The third-order valence-corrected chi connectivity index (χ3v) is 7.99. The molecular weight excluding hydrogens is 488 g/mol. The molecule has 0 amide bonds. The van der Waals surface area contributed by atoms with E-state index in [9.17, 15) is 10.5 Å². The van der Waals surface area contributed by atoms with E-state index in [1.54, 1.807) is 6.07 Å². The molecular formula is C36H20N4. The van der Waals surface area contributed by atoms with Crippen molar-refractivity contribution in [2.75, 3.05) is 0 Å². The molecule has 6 aromatic carbocycles. The molecule has 0 saturated heterocycles. The molecule has 40 heavy (non-hydrogen) atoms. The van der Waals surface area contributed by atoms with Crippen molar-refractivity contribution in [3.63, 3.8) is 0 Å². The SMILES string of the molecule is N#Cc1ccc(-n2c3ccccc3c3ccc4ccccc4c32)c(-n2c3ccccc3c3ccccc32)c1C#N. The lowest BCUT2D eigenvalue weighted by atomic mass is 10.0. The average molecular weight is 509 g/mol. The van der Waals surface area contributed by atoms with Gasteiger partial charge >= 0.3 is 0 Å². The predicted molar refractivity (Wildman–Crippen MR) is 162 cm³/mol. The lowest BCUT2D eigenvalue weighted by Crippen LogP contribution is -2.07. The summed E-state index contributed by atoms with van der Waals surface area (Å²) in [6, 6.07) is 46.1. The van der Waals surface area contributed by atoms with Crippen LogP contribution in [0.4, 0.5) is 0 Å². The zero-order valence-electron chi connectivity index (χ0n) is 21.3. The van der Waals surface area contributed by atoms with Gasteiger partial charge in [0.25, 0.3) is 0 Å². The van der Waals surface area contributed by atoms with Crippen LogP contribution >= 0.6 is 0 Å². The number of nitrogens with zero attached hydrogens (tertiary/aromatic N) is 4.